The van der Waals surface area contributed by atoms with Crippen LogP contribution in [-0.2, 0) is 4.79 Å². The van der Waals surface area contributed by atoms with Crippen LogP contribution in [0.5, 0.6) is 0 Å². The summed E-state index contributed by atoms with van der Waals surface area (Å²) in [5.74, 6) is 0.103. The molecule has 0 aliphatic carbocycles. The third kappa shape index (κ3) is 5.04. The molecule has 0 bridgehead atoms. The number of nitrogens with zero attached hydrogens (tertiary/aromatic N) is 1. The van der Waals surface area contributed by atoms with E-state index < -0.39 is 5.97 Å². The van der Waals surface area contributed by atoms with Crippen molar-refractivity contribution in [2.24, 2.45) is 5.92 Å². The quantitative estimate of drug-likeness (QED) is 0.678. The zero-order valence-corrected chi connectivity index (χ0v) is 11.1. The first kappa shape index (κ1) is 14.5. The fourth-order valence-corrected chi connectivity index (χ4v) is 2.39. The van der Waals surface area contributed by atoms with Crippen LogP contribution in [0.1, 0.15) is 39.5 Å². The van der Waals surface area contributed by atoms with Crippen molar-refractivity contribution in [3.8, 4) is 0 Å². The summed E-state index contributed by atoms with van der Waals surface area (Å²) in [6.45, 7) is 8.27. The Morgan fingerprint density at radius 3 is 2.82 bits per heavy atom. The smallest absolute Gasteiger partial charge is 0.320 e. The van der Waals surface area contributed by atoms with Gasteiger partial charge in [0.1, 0.15) is 6.04 Å². The average molecular weight is 242 g/mol. The van der Waals surface area contributed by atoms with Gasteiger partial charge in [0, 0.05) is 13.1 Å². The van der Waals surface area contributed by atoms with E-state index in [0.29, 0.717) is 6.42 Å². The molecule has 100 valence electrons. The Hall–Kier alpha value is -0.610. The summed E-state index contributed by atoms with van der Waals surface area (Å²) in [6, 6.07) is -0.379. The predicted molar refractivity (Wildman–Crippen MR) is 69.2 cm³/mol. The molecule has 1 saturated heterocycles. The molecule has 0 aromatic heterocycles. The number of hydrogen-bond acceptors (Lipinski definition) is 3. The molecule has 1 aliphatic rings. The number of likely N-dealkylation sites (tertiary alicyclic amines) is 1. The first-order valence-corrected chi connectivity index (χ1v) is 6.85. The van der Waals surface area contributed by atoms with E-state index >= 15 is 0 Å². The van der Waals surface area contributed by atoms with Gasteiger partial charge in [0.05, 0.1) is 0 Å². The fourth-order valence-electron chi connectivity index (χ4n) is 2.39. The van der Waals surface area contributed by atoms with E-state index in [0.717, 1.165) is 38.5 Å². The lowest BCUT2D eigenvalue weighted by molar-refractivity contribution is -0.139. The third-order valence-corrected chi connectivity index (χ3v) is 3.62. The second-order valence-corrected chi connectivity index (χ2v) is 5.00. The second-order valence-electron chi connectivity index (χ2n) is 5.00. The van der Waals surface area contributed by atoms with Crippen molar-refractivity contribution < 1.29 is 9.90 Å². The van der Waals surface area contributed by atoms with E-state index in [9.17, 15) is 4.79 Å². The molecule has 1 fully saturated rings. The highest BCUT2D eigenvalue weighted by Gasteiger charge is 2.23. The SMILES string of the molecule is CCCNC(CCN1CCC(CC)C1)C(=O)O. The number of carboxylic acid groups (broad SMARTS) is 1. The van der Waals surface area contributed by atoms with Gasteiger partial charge in [0.25, 0.3) is 0 Å². The molecule has 0 spiro atoms. The predicted octanol–water partition coefficient (Wildman–Crippen LogP) is 1.56. The lowest BCUT2D eigenvalue weighted by Crippen LogP contribution is -2.40. The number of hydrogen-bond donors (Lipinski definition) is 2. The lowest BCUT2D eigenvalue weighted by Gasteiger charge is -2.19. The zero-order chi connectivity index (χ0) is 12.7. The van der Waals surface area contributed by atoms with Crippen molar-refractivity contribution in [2.45, 2.75) is 45.6 Å². The maximum absolute atomic E-state index is 11.0. The molecule has 2 N–H and O–H groups in total. The van der Waals surface area contributed by atoms with E-state index in [-0.39, 0.29) is 6.04 Å². The van der Waals surface area contributed by atoms with Crippen molar-refractivity contribution in [1.82, 2.24) is 10.2 Å². The van der Waals surface area contributed by atoms with Crippen molar-refractivity contribution in [3.63, 3.8) is 0 Å². The first-order valence-electron chi connectivity index (χ1n) is 6.85. The highest BCUT2D eigenvalue weighted by molar-refractivity contribution is 5.73. The van der Waals surface area contributed by atoms with E-state index in [2.05, 4.69) is 24.1 Å². The standard InChI is InChI=1S/C13H26N2O2/c1-3-7-14-12(13(16)17)6-9-15-8-5-11(4-2)10-15/h11-12,14H,3-10H2,1-2H3,(H,16,17). The van der Waals surface area contributed by atoms with Gasteiger partial charge in [0.2, 0.25) is 0 Å². The normalized spacial score (nSPS) is 22.8. The second kappa shape index (κ2) is 7.67. The Bertz CT molecular complexity index is 233. The van der Waals surface area contributed by atoms with E-state index in [1.165, 1.54) is 12.8 Å². The van der Waals surface area contributed by atoms with Crippen LogP contribution >= 0.6 is 0 Å². The van der Waals surface area contributed by atoms with Crippen molar-refractivity contribution in [3.05, 3.63) is 0 Å². The minimum atomic E-state index is -0.718. The van der Waals surface area contributed by atoms with Crippen molar-refractivity contribution >= 4 is 5.97 Å². The summed E-state index contributed by atoms with van der Waals surface area (Å²) >= 11 is 0. The lowest BCUT2D eigenvalue weighted by atomic mass is 10.1. The molecule has 2 atom stereocenters. The number of nitrogens with one attached hydrogen (secondary N) is 1. The molecule has 1 heterocycles. The first-order chi connectivity index (χ1) is 8.17. The molecule has 1 aliphatic heterocycles. The van der Waals surface area contributed by atoms with Crippen LogP contribution in [0.25, 0.3) is 0 Å². The van der Waals surface area contributed by atoms with Crippen LogP contribution in [0.15, 0.2) is 0 Å². The molecule has 2 unspecified atom stereocenters. The Morgan fingerprint density at radius 2 is 2.29 bits per heavy atom. The van der Waals surface area contributed by atoms with Gasteiger partial charge in [-0.1, -0.05) is 20.3 Å². The minimum Gasteiger partial charge on any atom is -0.480 e. The van der Waals surface area contributed by atoms with Crippen LogP contribution < -0.4 is 5.32 Å². The van der Waals surface area contributed by atoms with Crippen LogP contribution in [0.4, 0.5) is 0 Å². The van der Waals surface area contributed by atoms with Crippen LogP contribution in [-0.4, -0.2) is 48.2 Å². The van der Waals surface area contributed by atoms with Crippen LogP contribution in [0.3, 0.4) is 0 Å². The minimum absolute atomic E-state index is 0.379. The van der Waals surface area contributed by atoms with Gasteiger partial charge >= 0.3 is 5.97 Å². The van der Waals surface area contributed by atoms with Crippen LogP contribution in [0, 0.1) is 5.92 Å². The van der Waals surface area contributed by atoms with Gasteiger partial charge in [-0.15, -0.1) is 0 Å². The molecule has 0 saturated carbocycles. The molecule has 0 amide bonds. The van der Waals surface area contributed by atoms with Crippen LogP contribution in [0.2, 0.25) is 0 Å². The zero-order valence-electron chi connectivity index (χ0n) is 11.1. The summed E-state index contributed by atoms with van der Waals surface area (Å²) < 4.78 is 0. The fraction of sp³-hybridized carbons (Fsp3) is 0.923. The molecule has 17 heavy (non-hydrogen) atoms. The van der Waals surface area contributed by atoms with Gasteiger partial charge in [-0.05, 0) is 38.3 Å². The number of rotatable bonds is 8. The molecule has 4 heteroatoms. The Balaban J connectivity index is 2.24. The van der Waals surface area contributed by atoms with Gasteiger partial charge in [-0.25, -0.2) is 0 Å². The maximum atomic E-state index is 11.0. The van der Waals surface area contributed by atoms with Crippen molar-refractivity contribution in [1.29, 1.82) is 0 Å². The number of aliphatic carboxylic acids is 1. The molecule has 0 aromatic carbocycles. The Labute approximate surface area is 104 Å². The topological polar surface area (TPSA) is 52.6 Å². The number of carbonyl (C=O) groups is 1. The largest absolute Gasteiger partial charge is 0.480 e. The molecular weight excluding hydrogens is 216 g/mol. The Morgan fingerprint density at radius 1 is 1.53 bits per heavy atom. The number of carboxylic acids is 1. The van der Waals surface area contributed by atoms with E-state index in [1.54, 1.807) is 0 Å². The Kier molecular flexibility index (Phi) is 6.52. The van der Waals surface area contributed by atoms with E-state index in [4.69, 9.17) is 5.11 Å². The summed E-state index contributed by atoms with van der Waals surface area (Å²) in [7, 11) is 0. The highest BCUT2D eigenvalue weighted by Crippen LogP contribution is 2.19. The monoisotopic (exact) mass is 242 g/mol. The summed E-state index contributed by atoms with van der Waals surface area (Å²) in [5, 5.41) is 12.2. The molecule has 4 nitrogen and oxygen atoms in total. The third-order valence-electron chi connectivity index (χ3n) is 3.62. The molecule has 0 radical (unpaired) electrons. The summed E-state index contributed by atoms with van der Waals surface area (Å²) in [5.41, 5.74) is 0. The molecular formula is C13H26N2O2. The summed E-state index contributed by atoms with van der Waals surface area (Å²) in [4.78, 5) is 13.5. The van der Waals surface area contributed by atoms with Gasteiger partial charge in [-0.3, -0.25) is 4.79 Å². The van der Waals surface area contributed by atoms with Gasteiger partial charge in [-0.2, -0.15) is 0 Å². The molecule has 0 aromatic rings. The highest BCUT2D eigenvalue weighted by atomic mass is 16.4. The summed E-state index contributed by atoms with van der Waals surface area (Å²) in [6.07, 6.45) is 4.21. The van der Waals surface area contributed by atoms with E-state index in [1.807, 2.05) is 0 Å². The average Bonchev–Trinajstić information content (AvgIpc) is 2.76. The molecule has 1 rings (SSSR count). The van der Waals surface area contributed by atoms with Crippen molar-refractivity contribution in [2.75, 3.05) is 26.2 Å². The van der Waals surface area contributed by atoms with Gasteiger partial charge < -0.3 is 15.3 Å². The maximum Gasteiger partial charge on any atom is 0.320 e. The van der Waals surface area contributed by atoms with Gasteiger partial charge in [0.15, 0.2) is 0 Å².